The Labute approximate surface area is 111 Å². The molecule has 2 N–H and O–H groups in total. The molecular weight excluding hydrogens is 252 g/mol. The van der Waals surface area contributed by atoms with E-state index < -0.39 is 5.60 Å². The third-order valence-corrected chi connectivity index (χ3v) is 5.33. The van der Waals surface area contributed by atoms with Gasteiger partial charge in [0.2, 0.25) is 0 Å². The van der Waals surface area contributed by atoms with Gasteiger partial charge in [-0.1, -0.05) is 13.8 Å². The molecule has 1 aromatic heterocycles. The molecule has 0 aliphatic carbocycles. The first-order chi connectivity index (χ1) is 8.09. The second-order valence-corrected chi connectivity index (χ2v) is 6.96. The number of thiazole rings is 1. The lowest BCUT2D eigenvalue weighted by Gasteiger charge is -2.21. The summed E-state index contributed by atoms with van der Waals surface area (Å²) in [5.41, 5.74) is 0.592. The first kappa shape index (κ1) is 13.3. The second-order valence-electron chi connectivity index (χ2n) is 4.96. The molecule has 3 nitrogen and oxygen atoms in total. The number of hydrogen-bond acceptors (Lipinski definition) is 5. The number of aliphatic hydroxyl groups is 1. The largest absolute Gasteiger partial charge is 0.388 e. The van der Waals surface area contributed by atoms with Crippen molar-refractivity contribution in [2.75, 3.05) is 18.1 Å². The number of hydrogen-bond donors (Lipinski definition) is 2. The molecule has 0 bridgehead atoms. The number of nitrogens with one attached hydrogen (secondary N) is 1. The molecule has 0 radical (unpaired) electrons. The molecule has 2 rings (SSSR count). The minimum absolute atomic E-state index is 0.498. The fourth-order valence-corrected chi connectivity index (χ4v) is 3.96. The van der Waals surface area contributed by atoms with E-state index in [1.807, 2.05) is 11.8 Å². The molecule has 1 aromatic rings. The summed E-state index contributed by atoms with van der Waals surface area (Å²) < 4.78 is 0. The van der Waals surface area contributed by atoms with Crippen molar-refractivity contribution in [3.8, 4) is 0 Å². The minimum atomic E-state index is -0.498. The van der Waals surface area contributed by atoms with Gasteiger partial charge in [0.1, 0.15) is 0 Å². The second kappa shape index (κ2) is 5.69. The molecule has 2 heterocycles. The van der Waals surface area contributed by atoms with Crippen molar-refractivity contribution in [2.45, 2.75) is 38.3 Å². The van der Waals surface area contributed by atoms with Crippen LogP contribution in [0.1, 0.15) is 36.9 Å². The fraction of sp³-hybridized carbons (Fsp3) is 0.750. The van der Waals surface area contributed by atoms with Gasteiger partial charge in [0, 0.05) is 30.1 Å². The van der Waals surface area contributed by atoms with E-state index in [9.17, 15) is 5.11 Å². The number of thioether (sulfide) groups is 1. The summed E-state index contributed by atoms with van der Waals surface area (Å²) >= 11 is 3.55. The van der Waals surface area contributed by atoms with Crippen molar-refractivity contribution in [3.05, 3.63) is 16.1 Å². The normalized spacial score (nSPS) is 24.7. The molecular formula is C12H20N2OS2. The summed E-state index contributed by atoms with van der Waals surface area (Å²) in [4.78, 5) is 4.57. The van der Waals surface area contributed by atoms with Crippen LogP contribution in [0.3, 0.4) is 0 Å². The Balaban J connectivity index is 1.77. The van der Waals surface area contributed by atoms with Crippen molar-refractivity contribution >= 4 is 23.1 Å². The lowest BCUT2D eigenvalue weighted by molar-refractivity contribution is 0.0674. The highest BCUT2D eigenvalue weighted by Gasteiger charge is 2.30. The van der Waals surface area contributed by atoms with Crippen LogP contribution in [-0.4, -0.2) is 33.7 Å². The monoisotopic (exact) mass is 272 g/mol. The van der Waals surface area contributed by atoms with Gasteiger partial charge in [-0.3, -0.25) is 0 Å². The van der Waals surface area contributed by atoms with Gasteiger partial charge in [-0.05, 0) is 12.2 Å². The Kier molecular flexibility index (Phi) is 4.47. The van der Waals surface area contributed by atoms with E-state index in [1.54, 1.807) is 11.3 Å². The van der Waals surface area contributed by atoms with Gasteiger partial charge >= 0.3 is 0 Å². The minimum Gasteiger partial charge on any atom is -0.388 e. The topological polar surface area (TPSA) is 45.2 Å². The Bertz CT molecular complexity index is 359. The average molecular weight is 272 g/mol. The maximum absolute atomic E-state index is 10.2. The standard InChI is InChI=1S/C12H20N2OS2/c1-9(2)11-14-10(6-17-11)5-13-7-12(15)3-4-16-8-12/h6,9,13,15H,3-5,7-8H2,1-2H3. The van der Waals surface area contributed by atoms with Crippen LogP contribution in [0.4, 0.5) is 0 Å². The Hall–Kier alpha value is -0.100. The average Bonchev–Trinajstić information content (AvgIpc) is 2.88. The van der Waals surface area contributed by atoms with Gasteiger partial charge < -0.3 is 10.4 Å². The maximum Gasteiger partial charge on any atom is 0.0954 e. The van der Waals surface area contributed by atoms with E-state index in [0.717, 1.165) is 30.2 Å². The highest BCUT2D eigenvalue weighted by molar-refractivity contribution is 7.99. The van der Waals surface area contributed by atoms with Crippen LogP contribution >= 0.6 is 23.1 Å². The van der Waals surface area contributed by atoms with Gasteiger partial charge in [-0.25, -0.2) is 4.98 Å². The number of aromatic nitrogens is 1. The third-order valence-electron chi connectivity index (χ3n) is 2.91. The predicted molar refractivity (Wildman–Crippen MR) is 74.8 cm³/mol. The Morgan fingerprint density at radius 3 is 3.00 bits per heavy atom. The zero-order chi connectivity index (χ0) is 12.3. The van der Waals surface area contributed by atoms with Crippen molar-refractivity contribution in [1.82, 2.24) is 10.3 Å². The molecule has 17 heavy (non-hydrogen) atoms. The zero-order valence-electron chi connectivity index (χ0n) is 10.4. The quantitative estimate of drug-likeness (QED) is 0.863. The molecule has 1 atom stereocenters. The highest BCUT2D eigenvalue weighted by Crippen LogP contribution is 2.27. The molecule has 96 valence electrons. The molecule has 5 heteroatoms. The van der Waals surface area contributed by atoms with Gasteiger partial charge in [0.25, 0.3) is 0 Å². The molecule has 0 amide bonds. The van der Waals surface area contributed by atoms with E-state index in [1.165, 1.54) is 5.01 Å². The Morgan fingerprint density at radius 1 is 1.59 bits per heavy atom. The van der Waals surface area contributed by atoms with Crippen LogP contribution in [0.25, 0.3) is 0 Å². The molecule has 0 spiro atoms. The molecule has 1 aliphatic heterocycles. The smallest absolute Gasteiger partial charge is 0.0954 e. The summed E-state index contributed by atoms with van der Waals surface area (Å²) in [6.45, 7) is 5.76. The van der Waals surface area contributed by atoms with E-state index in [2.05, 4.69) is 29.5 Å². The molecule has 1 fully saturated rings. The number of nitrogens with zero attached hydrogens (tertiary/aromatic N) is 1. The van der Waals surface area contributed by atoms with E-state index in [-0.39, 0.29) is 0 Å². The summed E-state index contributed by atoms with van der Waals surface area (Å²) in [5.74, 6) is 2.44. The van der Waals surface area contributed by atoms with Gasteiger partial charge in [-0.15, -0.1) is 11.3 Å². The third kappa shape index (κ3) is 3.68. The van der Waals surface area contributed by atoms with Crippen molar-refractivity contribution < 1.29 is 5.11 Å². The van der Waals surface area contributed by atoms with Gasteiger partial charge in [-0.2, -0.15) is 11.8 Å². The molecule has 0 saturated carbocycles. The van der Waals surface area contributed by atoms with Crippen LogP contribution in [0, 0.1) is 0 Å². The lowest BCUT2D eigenvalue weighted by Crippen LogP contribution is -2.40. The SMILES string of the molecule is CC(C)c1nc(CNCC2(O)CCSC2)cs1. The van der Waals surface area contributed by atoms with Gasteiger partial charge in [0.05, 0.1) is 16.3 Å². The van der Waals surface area contributed by atoms with Crippen molar-refractivity contribution in [1.29, 1.82) is 0 Å². The Morgan fingerprint density at radius 2 is 2.41 bits per heavy atom. The van der Waals surface area contributed by atoms with Crippen LogP contribution in [0.5, 0.6) is 0 Å². The van der Waals surface area contributed by atoms with Crippen LogP contribution in [0.2, 0.25) is 0 Å². The highest BCUT2D eigenvalue weighted by atomic mass is 32.2. The first-order valence-corrected chi connectivity index (χ1v) is 8.08. The fourth-order valence-electron chi connectivity index (χ4n) is 1.83. The predicted octanol–water partition coefficient (Wildman–Crippen LogP) is 2.22. The van der Waals surface area contributed by atoms with E-state index in [4.69, 9.17) is 0 Å². The van der Waals surface area contributed by atoms with Crippen LogP contribution in [0.15, 0.2) is 5.38 Å². The zero-order valence-corrected chi connectivity index (χ0v) is 12.0. The summed E-state index contributed by atoms with van der Waals surface area (Å²) in [7, 11) is 0. The molecule has 1 unspecified atom stereocenters. The summed E-state index contributed by atoms with van der Waals surface area (Å²) in [6.07, 6.45) is 0.902. The molecule has 1 saturated heterocycles. The summed E-state index contributed by atoms with van der Waals surface area (Å²) in [6, 6.07) is 0. The lowest BCUT2D eigenvalue weighted by atomic mass is 10.0. The first-order valence-electron chi connectivity index (χ1n) is 6.04. The maximum atomic E-state index is 10.2. The summed E-state index contributed by atoms with van der Waals surface area (Å²) in [5, 5.41) is 16.8. The van der Waals surface area contributed by atoms with E-state index >= 15 is 0 Å². The van der Waals surface area contributed by atoms with Crippen molar-refractivity contribution in [2.24, 2.45) is 0 Å². The molecule has 0 aromatic carbocycles. The van der Waals surface area contributed by atoms with Crippen LogP contribution < -0.4 is 5.32 Å². The van der Waals surface area contributed by atoms with Crippen LogP contribution in [-0.2, 0) is 6.54 Å². The van der Waals surface area contributed by atoms with E-state index in [0.29, 0.717) is 12.5 Å². The van der Waals surface area contributed by atoms with Gasteiger partial charge in [0.15, 0.2) is 0 Å². The molecule has 1 aliphatic rings. The number of rotatable bonds is 5. The van der Waals surface area contributed by atoms with Crippen molar-refractivity contribution in [3.63, 3.8) is 0 Å².